The summed E-state index contributed by atoms with van der Waals surface area (Å²) in [6.07, 6.45) is 4.55. The molecule has 0 bridgehead atoms. The van der Waals surface area contributed by atoms with Gasteiger partial charge in [-0.3, -0.25) is 9.59 Å². The van der Waals surface area contributed by atoms with E-state index >= 15 is 0 Å². The van der Waals surface area contributed by atoms with Gasteiger partial charge in [0.15, 0.2) is 5.78 Å². The minimum absolute atomic E-state index is 0.0444. The Morgan fingerprint density at radius 1 is 1.40 bits per heavy atom. The lowest BCUT2D eigenvalue weighted by atomic mass is 9.72. The monoisotopic (exact) mass is 206 g/mol. The number of carbonyl (C=O) groups is 2. The Bertz CT molecular complexity index is 357. The standard InChI is InChI=1S/C13H18O2/c1-9-7-11(15)8-13(3,4)12(9)6-5-10(2)14/h5-6H,7-8H2,1-4H3/b6-5+. The van der Waals surface area contributed by atoms with Gasteiger partial charge in [-0.05, 0) is 30.9 Å². The highest BCUT2D eigenvalue weighted by molar-refractivity contribution is 5.88. The van der Waals surface area contributed by atoms with E-state index in [0.29, 0.717) is 12.8 Å². The van der Waals surface area contributed by atoms with Gasteiger partial charge in [0.1, 0.15) is 5.78 Å². The third-order valence-corrected chi connectivity index (χ3v) is 2.78. The summed E-state index contributed by atoms with van der Waals surface area (Å²) in [4.78, 5) is 22.3. The van der Waals surface area contributed by atoms with Gasteiger partial charge >= 0.3 is 0 Å². The molecule has 0 N–H and O–H groups in total. The van der Waals surface area contributed by atoms with Crippen molar-refractivity contribution in [2.24, 2.45) is 5.41 Å². The lowest BCUT2D eigenvalue weighted by Crippen LogP contribution is -2.25. The van der Waals surface area contributed by atoms with Crippen molar-refractivity contribution in [1.29, 1.82) is 0 Å². The molecule has 0 saturated heterocycles. The first-order chi connectivity index (χ1) is 6.83. The highest BCUT2D eigenvalue weighted by Gasteiger charge is 2.31. The Hall–Kier alpha value is -1.18. The summed E-state index contributed by atoms with van der Waals surface area (Å²) in [6.45, 7) is 7.60. The lowest BCUT2D eigenvalue weighted by molar-refractivity contribution is -0.120. The summed E-state index contributed by atoms with van der Waals surface area (Å²) in [5.41, 5.74) is 2.09. The molecule has 1 aliphatic carbocycles. The van der Waals surface area contributed by atoms with E-state index in [0.717, 1.165) is 11.1 Å². The molecule has 0 radical (unpaired) electrons. The number of ketones is 2. The highest BCUT2D eigenvalue weighted by atomic mass is 16.1. The molecule has 0 spiro atoms. The second-order valence-corrected chi connectivity index (χ2v) is 4.91. The fourth-order valence-electron chi connectivity index (χ4n) is 2.19. The van der Waals surface area contributed by atoms with E-state index in [1.165, 1.54) is 6.92 Å². The van der Waals surface area contributed by atoms with Crippen LogP contribution in [0.15, 0.2) is 23.3 Å². The fourth-order valence-corrected chi connectivity index (χ4v) is 2.19. The summed E-state index contributed by atoms with van der Waals surface area (Å²) in [7, 11) is 0. The average Bonchev–Trinajstić information content (AvgIpc) is 1.98. The molecule has 0 aliphatic heterocycles. The third-order valence-electron chi connectivity index (χ3n) is 2.78. The molecule has 0 atom stereocenters. The molecule has 0 aromatic heterocycles. The van der Waals surface area contributed by atoms with E-state index in [1.807, 2.05) is 26.8 Å². The summed E-state index contributed by atoms with van der Waals surface area (Å²) in [5.74, 6) is 0.334. The number of rotatable bonds is 2. The predicted molar refractivity (Wildman–Crippen MR) is 60.5 cm³/mol. The van der Waals surface area contributed by atoms with Gasteiger partial charge in [-0.2, -0.15) is 0 Å². The van der Waals surface area contributed by atoms with Gasteiger partial charge in [0.05, 0.1) is 0 Å². The number of Topliss-reactive ketones (excluding diaryl/α,β-unsaturated/α-hetero) is 1. The van der Waals surface area contributed by atoms with Crippen molar-refractivity contribution in [2.75, 3.05) is 0 Å². The molecule has 82 valence electrons. The zero-order valence-electron chi connectivity index (χ0n) is 9.89. The van der Waals surface area contributed by atoms with E-state index in [2.05, 4.69) is 0 Å². The van der Waals surface area contributed by atoms with Gasteiger partial charge in [0.25, 0.3) is 0 Å². The van der Waals surface area contributed by atoms with Crippen LogP contribution in [0, 0.1) is 5.41 Å². The van der Waals surface area contributed by atoms with Gasteiger partial charge in [-0.25, -0.2) is 0 Å². The third kappa shape index (κ3) is 2.88. The normalized spacial score (nSPS) is 21.2. The average molecular weight is 206 g/mol. The fraction of sp³-hybridized carbons (Fsp3) is 0.538. The van der Waals surface area contributed by atoms with E-state index in [1.54, 1.807) is 6.08 Å². The summed E-state index contributed by atoms with van der Waals surface area (Å²) >= 11 is 0. The number of hydrogen-bond acceptors (Lipinski definition) is 2. The van der Waals surface area contributed by atoms with Gasteiger partial charge in [0.2, 0.25) is 0 Å². The van der Waals surface area contributed by atoms with E-state index in [9.17, 15) is 9.59 Å². The molecule has 0 heterocycles. The molecule has 2 nitrogen and oxygen atoms in total. The van der Waals surface area contributed by atoms with Crippen molar-refractivity contribution in [3.8, 4) is 0 Å². The first kappa shape index (κ1) is 11.9. The second kappa shape index (κ2) is 4.13. The van der Waals surface area contributed by atoms with Crippen molar-refractivity contribution >= 4 is 11.6 Å². The molecule has 0 fully saturated rings. The van der Waals surface area contributed by atoms with Crippen LogP contribution in [-0.4, -0.2) is 11.6 Å². The molecule has 0 aromatic carbocycles. The van der Waals surface area contributed by atoms with E-state index < -0.39 is 0 Å². The maximum absolute atomic E-state index is 11.4. The quantitative estimate of drug-likeness (QED) is 0.651. The van der Waals surface area contributed by atoms with Crippen LogP contribution < -0.4 is 0 Å². The van der Waals surface area contributed by atoms with Gasteiger partial charge in [0, 0.05) is 12.8 Å². The molecule has 2 heteroatoms. The lowest BCUT2D eigenvalue weighted by Gasteiger charge is -2.31. The van der Waals surface area contributed by atoms with Crippen molar-refractivity contribution in [1.82, 2.24) is 0 Å². The van der Waals surface area contributed by atoms with Crippen LogP contribution in [0.2, 0.25) is 0 Å². The van der Waals surface area contributed by atoms with Crippen molar-refractivity contribution in [3.63, 3.8) is 0 Å². The van der Waals surface area contributed by atoms with Crippen molar-refractivity contribution in [3.05, 3.63) is 23.3 Å². The SMILES string of the molecule is CC(=O)/C=C/C1=C(C)CC(=O)CC1(C)C. The summed E-state index contributed by atoms with van der Waals surface area (Å²) < 4.78 is 0. The van der Waals surface area contributed by atoms with Crippen LogP contribution in [0.4, 0.5) is 0 Å². The van der Waals surface area contributed by atoms with Gasteiger partial charge in [-0.1, -0.05) is 25.5 Å². The van der Waals surface area contributed by atoms with Crippen LogP contribution in [0.5, 0.6) is 0 Å². The molecular formula is C13H18O2. The van der Waals surface area contributed by atoms with Gasteiger partial charge < -0.3 is 0 Å². The molecular weight excluding hydrogens is 188 g/mol. The van der Waals surface area contributed by atoms with E-state index in [-0.39, 0.29) is 17.0 Å². The topological polar surface area (TPSA) is 34.1 Å². The van der Waals surface area contributed by atoms with E-state index in [4.69, 9.17) is 0 Å². The Morgan fingerprint density at radius 3 is 2.47 bits per heavy atom. The molecule has 0 saturated carbocycles. The minimum Gasteiger partial charge on any atom is -0.299 e. The predicted octanol–water partition coefficient (Wildman–Crippen LogP) is 2.84. The molecule has 0 unspecified atom stereocenters. The number of allylic oxidation sites excluding steroid dienone is 4. The second-order valence-electron chi connectivity index (χ2n) is 4.91. The molecule has 0 aromatic rings. The maximum atomic E-state index is 11.4. The van der Waals surface area contributed by atoms with Crippen LogP contribution >= 0.6 is 0 Å². The van der Waals surface area contributed by atoms with Crippen LogP contribution in [0.25, 0.3) is 0 Å². The highest BCUT2D eigenvalue weighted by Crippen LogP contribution is 2.39. The Balaban J connectivity index is 3.06. The molecule has 15 heavy (non-hydrogen) atoms. The zero-order valence-corrected chi connectivity index (χ0v) is 9.89. The van der Waals surface area contributed by atoms with Gasteiger partial charge in [-0.15, -0.1) is 0 Å². The smallest absolute Gasteiger partial charge is 0.152 e. The molecule has 0 amide bonds. The first-order valence-electron chi connectivity index (χ1n) is 5.23. The summed E-state index contributed by atoms with van der Waals surface area (Å²) in [6, 6.07) is 0. The summed E-state index contributed by atoms with van der Waals surface area (Å²) in [5, 5.41) is 0. The maximum Gasteiger partial charge on any atom is 0.152 e. The Morgan fingerprint density at radius 2 is 2.00 bits per heavy atom. The number of carbonyl (C=O) groups excluding carboxylic acids is 2. The first-order valence-corrected chi connectivity index (χ1v) is 5.23. The van der Waals surface area contributed by atoms with Crippen LogP contribution in [0.3, 0.4) is 0 Å². The molecule has 1 rings (SSSR count). The Labute approximate surface area is 91.1 Å². The number of hydrogen-bond donors (Lipinski definition) is 0. The molecule has 1 aliphatic rings. The van der Waals surface area contributed by atoms with Crippen molar-refractivity contribution < 1.29 is 9.59 Å². The van der Waals surface area contributed by atoms with Crippen LogP contribution in [0.1, 0.15) is 40.5 Å². The largest absolute Gasteiger partial charge is 0.299 e. The minimum atomic E-state index is -0.134. The Kier molecular flexibility index (Phi) is 3.28. The van der Waals surface area contributed by atoms with Crippen LogP contribution in [-0.2, 0) is 9.59 Å². The van der Waals surface area contributed by atoms with Crippen molar-refractivity contribution in [2.45, 2.75) is 40.5 Å². The zero-order chi connectivity index (χ0) is 11.6.